The summed E-state index contributed by atoms with van der Waals surface area (Å²) in [5.74, 6) is 0.460. The van der Waals surface area contributed by atoms with Gasteiger partial charge in [0.25, 0.3) is 0 Å². The summed E-state index contributed by atoms with van der Waals surface area (Å²) in [6.07, 6.45) is 0. The molecule has 0 atom stereocenters. The van der Waals surface area contributed by atoms with Gasteiger partial charge in [0.1, 0.15) is 12.4 Å². The topological polar surface area (TPSA) is 68.0 Å². The van der Waals surface area contributed by atoms with E-state index in [1.807, 2.05) is 12.1 Å². The maximum atomic E-state index is 10.7. The van der Waals surface area contributed by atoms with Gasteiger partial charge in [0.05, 0.1) is 13.7 Å². The monoisotopic (exact) mass is 455 g/mol. The van der Waals surface area contributed by atoms with Crippen molar-refractivity contribution in [2.24, 2.45) is 5.73 Å². The number of halogens is 2. The van der Waals surface area contributed by atoms with Gasteiger partial charge >= 0.3 is 0 Å². The molecule has 166 valence electrons. The predicted octanol–water partition coefficient (Wildman–Crippen LogP) is 2.83. The summed E-state index contributed by atoms with van der Waals surface area (Å²) in [5, 5.41) is 0. The highest BCUT2D eigenvalue weighted by Gasteiger charge is 2.16. The lowest BCUT2D eigenvalue weighted by atomic mass is 10.0. The third kappa shape index (κ3) is 8.13. The van der Waals surface area contributed by atoms with E-state index in [0.717, 1.165) is 45.0 Å². The van der Waals surface area contributed by atoms with Crippen molar-refractivity contribution in [3.8, 4) is 16.9 Å². The highest BCUT2D eigenvalue weighted by Crippen LogP contribution is 2.23. The second kappa shape index (κ2) is 13.5. The summed E-state index contributed by atoms with van der Waals surface area (Å²) in [6, 6.07) is 16.9. The van der Waals surface area contributed by atoms with Crippen LogP contribution >= 0.6 is 24.8 Å². The number of ether oxygens (including phenoxy) is 2. The van der Waals surface area contributed by atoms with E-state index in [2.05, 4.69) is 46.2 Å². The molecule has 0 aliphatic carbocycles. The Balaban J connectivity index is 0.00000225. The molecule has 0 spiro atoms. The van der Waals surface area contributed by atoms with E-state index in [0.29, 0.717) is 6.61 Å². The smallest absolute Gasteiger partial charge is 0.243 e. The number of piperazine rings is 1. The Kier molecular flexibility index (Phi) is 11.8. The van der Waals surface area contributed by atoms with Crippen LogP contribution in [-0.2, 0) is 16.1 Å². The number of hydrogen-bond donors (Lipinski definition) is 1. The van der Waals surface area contributed by atoms with Crippen molar-refractivity contribution in [2.75, 3.05) is 53.0 Å². The minimum absolute atomic E-state index is 0. The van der Waals surface area contributed by atoms with E-state index >= 15 is 0 Å². The van der Waals surface area contributed by atoms with E-state index in [9.17, 15) is 4.79 Å². The molecule has 0 aromatic heterocycles. The molecule has 1 aliphatic heterocycles. The molecule has 0 unspecified atom stereocenters. The maximum absolute atomic E-state index is 10.7. The number of benzene rings is 2. The highest BCUT2D eigenvalue weighted by molar-refractivity contribution is 5.85. The molecule has 1 aliphatic rings. The van der Waals surface area contributed by atoms with Gasteiger partial charge in [-0.05, 0) is 28.8 Å². The number of methoxy groups -OCH3 is 1. The second-order valence-electron chi connectivity index (χ2n) is 7.06. The minimum Gasteiger partial charge on any atom is -0.497 e. The van der Waals surface area contributed by atoms with Gasteiger partial charge in [-0.1, -0.05) is 36.4 Å². The van der Waals surface area contributed by atoms with E-state index in [4.69, 9.17) is 15.2 Å². The van der Waals surface area contributed by atoms with E-state index in [-0.39, 0.29) is 31.4 Å². The molecule has 2 aromatic rings. The zero-order valence-corrected chi connectivity index (χ0v) is 18.9. The SMILES string of the molecule is COc1ccc(-c2ccc(CN3CCN(CCOCC(N)=O)CC3)cc2)cc1.Cl.Cl. The Morgan fingerprint density at radius 3 is 1.97 bits per heavy atom. The Morgan fingerprint density at radius 1 is 0.900 bits per heavy atom. The van der Waals surface area contributed by atoms with Gasteiger partial charge < -0.3 is 15.2 Å². The van der Waals surface area contributed by atoms with Gasteiger partial charge in [0, 0.05) is 39.3 Å². The molecule has 2 N–H and O–H groups in total. The summed E-state index contributed by atoms with van der Waals surface area (Å²) in [6.45, 7) is 6.48. The molecule has 1 heterocycles. The molecular weight excluding hydrogens is 425 g/mol. The Morgan fingerprint density at radius 2 is 1.43 bits per heavy atom. The summed E-state index contributed by atoms with van der Waals surface area (Å²) >= 11 is 0. The summed E-state index contributed by atoms with van der Waals surface area (Å²) in [7, 11) is 1.68. The van der Waals surface area contributed by atoms with Gasteiger partial charge in [-0.3, -0.25) is 14.6 Å². The first-order chi connectivity index (χ1) is 13.6. The fraction of sp³-hybridized carbons (Fsp3) is 0.409. The molecule has 6 nitrogen and oxygen atoms in total. The molecule has 2 aromatic carbocycles. The van der Waals surface area contributed by atoms with Gasteiger partial charge in [0.15, 0.2) is 0 Å². The number of nitrogens with two attached hydrogens (primary N) is 1. The summed E-state index contributed by atoms with van der Waals surface area (Å²) in [4.78, 5) is 15.5. The number of primary amides is 1. The highest BCUT2D eigenvalue weighted by atomic mass is 35.5. The zero-order chi connectivity index (χ0) is 19.8. The van der Waals surface area contributed by atoms with Gasteiger partial charge in [0.2, 0.25) is 5.91 Å². The van der Waals surface area contributed by atoms with Gasteiger partial charge in [-0.15, -0.1) is 24.8 Å². The van der Waals surface area contributed by atoms with Crippen molar-refractivity contribution >= 4 is 30.7 Å². The van der Waals surface area contributed by atoms with Crippen LogP contribution in [0.2, 0.25) is 0 Å². The average Bonchev–Trinajstić information content (AvgIpc) is 2.73. The van der Waals surface area contributed by atoms with Crippen LogP contribution in [0.4, 0.5) is 0 Å². The molecule has 1 saturated heterocycles. The largest absolute Gasteiger partial charge is 0.497 e. The van der Waals surface area contributed by atoms with Crippen LogP contribution in [0.15, 0.2) is 48.5 Å². The van der Waals surface area contributed by atoms with Crippen LogP contribution in [-0.4, -0.2) is 68.8 Å². The molecule has 0 saturated carbocycles. The van der Waals surface area contributed by atoms with Crippen molar-refractivity contribution in [1.82, 2.24) is 9.80 Å². The summed E-state index contributed by atoms with van der Waals surface area (Å²) in [5.41, 5.74) is 8.81. The Labute approximate surface area is 191 Å². The molecule has 1 fully saturated rings. The number of amides is 1. The third-order valence-electron chi connectivity index (χ3n) is 5.04. The fourth-order valence-electron chi connectivity index (χ4n) is 3.38. The Bertz CT molecular complexity index is 749. The van der Waals surface area contributed by atoms with E-state index in [1.54, 1.807) is 7.11 Å². The number of rotatable bonds is 9. The Hall–Kier alpha value is -1.83. The van der Waals surface area contributed by atoms with Crippen LogP contribution in [0.5, 0.6) is 5.75 Å². The molecular formula is C22H31Cl2N3O3. The van der Waals surface area contributed by atoms with Gasteiger partial charge in [-0.2, -0.15) is 0 Å². The normalized spacial score (nSPS) is 14.4. The minimum atomic E-state index is -0.414. The lowest BCUT2D eigenvalue weighted by molar-refractivity contribution is -0.122. The fourth-order valence-corrected chi connectivity index (χ4v) is 3.38. The molecule has 0 bridgehead atoms. The lowest BCUT2D eigenvalue weighted by Gasteiger charge is -2.34. The molecule has 1 amide bonds. The molecule has 3 rings (SSSR count). The average molecular weight is 456 g/mol. The van der Waals surface area contributed by atoms with E-state index in [1.165, 1.54) is 16.7 Å². The maximum Gasteiger partial charge on any atom is 0.243 e. The standard InChI is InChI=1S/C22H29N3O3.2ClH/c1-27-21-8-6-20(7-9-21)19-4-2-18(3-5-19)16-25-12-10-24(11-13-25)14-15-28-17-22(23)26;;/h2-9H,10-17H2,1H3,(H2,23,26);2*1H. The van der Waals surface area contributed by atoms with Crippen molar-refractivity contribution in [3.05, 3.63) is 54.1 Å². The molecule has 30 heavy (non-hydrogen) atoms. The van der Waals surface area contributed by atoms with Crippen molar-refractivity contribution in [2.45, 2.75) is 6.54 Å². The van der Waals surface area contributed by atoms with Crippen LogP contribution in [0.25, 0.3) is 11.1 Å². The van der Waals surface area contributed by atoms with Crippen LogP contribution < -0.4 is 10.5 Å². The predicted molar refractivity (Wildman–Crippen MR) is 125 cm³/mol. The first kappa shape index (κ1) is 26.2. The second-order valence-corrected chi connectivity index (χ2v) is 7.06. The number of nitrogens with zero attached hydrogens (tertiary/aromatic N) is 2. The number of carbonyl (C=O) groups is 1. The lowest BCUT2D eigenvalue weighted by Crippen LogP contribution is -2.46. The summed E-state index contributed by atoms with van der Waals surface area (Å²) < 4.78 is 10.5. The van der Waals surface area contributed by atoms with Gasteiger partial charge in [-0.25, -0.2) is 0 Å². The van der Waals surface area contributed by atoms with E-state index < -0.39 is 5.91 Å². The third-order valence-corrected chi connectivity index (χ3v) is 5.04. The van der Waals surface area contributed by atoms with Crippen LogP contribution in [0.3, 0.4) is 0 Å². The molecule has 8 heteroatoms. The zero-order valence-electron chi connectivity index (χ0n) is 17.3. The van der Waals surface area contributed by atoms with Crippen molar-refractivity contribution in [3.63, 3.8) is 0 Å². The van der Waals surface area contributed by atoms with Crippen LogP contribution in [0.1, 0.15) is 5.56 Å². The quantitative estimate of drug-likeness (QED) is 0.588. The van der Waals surface area contributed by atoms with Crippen molar-refractivity contribution in [1.29, 1.82) is 0 Å². The van der Waals surface area contributed by atoms with Crippen molar-refractivity contribution < 1.29 is 14.3 Å². The van der Waals surface area contributed by atoms with Crippen LogP contribution in [0, 0.1) is 0 Å². The first-order valence-electron chi connectivity index (χ1n) is 9.68. The first-order valence-corrected chi connectivity index (χ1v) is 9.68. The molecule has 0 radical (unpaired) electrons. The number of hydrogen-bond acceptors (Lipinski definition) is 5. The number of carbonyl (C=O) groups excluding carboxylic acids is 1.